The smallest absolute Gasteiger partial charge is 0.132 e. The summed E-state index contributed by atoms with van der Waals surface area (Å²) in [5.74, 6) is -0.225. The fourth-order valence-corrected chi connectivity index (χ4v) is 2.58. The van der Waals surface area contributed by atoms with Gasteiger partial charge in [-0.25, -0.2) is 4.39 Å². The number of nitriles is 1. The van der Waals surface area contributed by atoms with Crippen molar-refractivity contribution in [2.45, 2.75) is 13.3 Å². The second-order valence-corrected chi connectivity index (χ2v) is 4.04. The molecule has 0 radical (unpaired) electrons. The summed E-state index contributed by atoms with van der Waals surface area (Å²) in [5, 5.41) is 11.1. The summed E-state index contributed by atoms with van der Waals surface area (Å²) in [6.45, 7) is 1.95. The third kappa shape index (κ3) is 1.28. The highest BCUT2D eigenvalue weighted by Crippen LogP contribution is 2.31. The first kappa shape index (κ1) is 9.17. The maximum Gasteiger partial charge on any atom is 0.132 e. The highest BCUT2D eigenvalue weighted by molar-refractivity contribution is 7.17. The van der Waals surface area contributed by atoms with E-state index in [-0.39, 0.29) is 12.2 Å². The highest BCUT2D eigenvalue weighted by Gasteiger charge is 2.10. The molecule has 0 saturated heterocycles. The zero-order valence-electron chi connectivity index (χ0n) is 7.67. The molecule has 0 N–H and O–H groups in total. The van der Waals surface area contributed by atoms with E-state index < -0.39 is 0 Å². The lowest BCUT2D eigenvalue weighted by molar-refractivity contribution is 0.639. The van der Waals surface area contributed by atoms with E-state index >= 15 is 0 Å². The van der Waals surface area contributed by atoms with Crippen molar-refractivity contribution in [3.8, 4) is 6.07 Å². The van der Waals surface area contributed by atoms with Gasteiger partial charge in [-0.15, -0.1) is 11.3 Å². The molecule has 0 amide bonds. The molecule has 0 aliphatic carbocycles. The van der Waals surface area contributed by atoms with E-state index in [4.69, 9.17) is 5.26 Å². The van der Waals surface area contributed by atoms with Gasteiger partial charge in [-0.2, -0.15) is 5.26 Å². The van der Waals surface area contributed by atoms with E-state index in [1.807, 2.05) is 18.4 Å². The van der Waals surface area contributed by atoms with Crippen LogP contribution < -0.4 is 0 Å². The number of benzene rings is 1. The van der Waals surface area contributed by atoms with E-state index in [1.54, 1.807) is 6.07 Å². The maximum atomic E-state index is 13.5. The molecule has 0 aliphatic rings. The molecular weight excluding hydrogens is 197 g/mol. The van der Waals surface area contributed by atoms with E-state index in [0.717, 1.165) is 15.8 Å². The number of hydrogen-bond acceptors (Lipinski definition) is 2. The molecular formula is C11H8FNS. The van der Waals surface area contributed by atoms with Crippen molar-refractivity contribution in [2.24, 2.45) is 0 Å². The highest BCUT2D eigenvalue weighted by atomic mass is 32.1. The lowest BCUT2D eigenvalue weighted by Crippen LogP contribution is -1.83. The van der Waals surface area contributed by atoms with Crippen molar-refractivity contribution in [1.29, 1.82) is 5.26 Å². The average Bonchev–Trinajstić information content (AvgIpc) is 2.58. The Morgan fingerprint density at radius 3 is 3.00 bits per heavy atom. The minimum atomic E-state index is -0.225. The molecule has 0 aliphatic heterocycles. The van der Waals surface area contributed by atoms with Crippen LogP contribution in [-0.2, 0) is 6.42 Å². The molecule has 1 aromatic heterocycles. The van der Waals surface area contributed by atoms with Gasteiger partial charge in [0.2, 0.25) is 0 Å². The lowest BCUT2D eigenvalue weighted by Gasteiger charge is -1.98. The van der Waals surface area contributed by atoms with Crippen LogP contribution in [0.1, 0.15) is 11.1 Å². The minimum absolute atomic E-state index is 0.225. The number of halogens is 1. The summed E-state index contributed by atoms with van der Waals surface area (Å²) in [5.41, 5.74) is 1.87. The normalized spacial score (nSPS) is 10.4. The number of nitrogens with zero attached hydrogens (tertiary/aromatic N) is 1. The summed E-state index contributed by atoms with van der Waals surface area (Å²) in [6.07, 6.45) is 0.278. The van der Waals surface area contributed by atoms with Gasteiger partial charge in [0.15, 0.2) is 0 Å². The Kier molecular flexibility index (Phi) is 2.22. The zero-order chi connectivity index (χ0) is 10.1. The quantitative estimate of drug-likeness (QED) is 0.699. The van der Waals surface area contributed by atoms with Gasteiger partial charge in [0.1, 0.15) is 5.82 Å². The lowest BCUT2D eigenvalue weighted by atomic mass is 10.1. The van der Waals surface area contributed by atoms with E-state index in [9.17, 15) is 4.39 Å². The first-order valence-corrected chi connectivity index (χ1v) is 5.14. The molecule has 0 bridgehead atoms. The minimum Gasteiger partial charge on any atom is -0.206 e. The third-order valence-electron chi connectivity index (χ3n) is 2.21. The molecule has 0 unspecified atom stereocenters. The largest absolute Gasteiger partial charge is 0.206 e. The molecule has 2 rings (SSSR count). The second-order valence-electron chi connectivity index (χ2n) is 3.16. The van der Waals surface area contributed by atoms with Gasteiger partial charge in [0.25, 0.3) is 0 Å². The summed E-state index contributed by atoms with van der Waals surface area (Å²) in [6, 6.07) is 5.28. The van der Waals surface area contributed by atoms with Crippen LogP contribution in [0.15, 0.2) is 17.5 Å². The van der Waals surface area contributed by atoms with Gasteiger partial charge in [0, 0.05) is 10.1 Å². The van der Waals surface area contributed by atoms with Gasteiger partial charge in [-0.1, -0.05) is 6.07 Å². The van der Waals surface area contributed by atoms with Crippen molar-refractivity contribution >= 4 is 21.4 Å². The first-order valence-electron chi connectivity index (χ1n) is 4.26. The fourth-order valence-electron chi connectivity index (χ4n) is 1.52. The van der Waals surface area contributed by atoms with Gasteiger partial charge in [-0.05, 0) is 29.5 Å². The molecule has 0 fully saturated rings. The Balaban J connectivity index is 2.78. The van der Waals surface area contributed by atoms with Crippen molar-refractivity contribution in [3.63, 3.8) is 0 Å². The van der Waals surface area contributed by atoms with Crippen molar-refractivity contribution in [3.05, 3.63) is 34.5 Å². The maximum absolute atomic E-state index is 13.5. The third-order valence-corrected chi connectivity index (χ3v) is 3.38. The summed E-state index contributed by atoms with van der Waals surface area (Å²) < 4.78 is 14.4. The summed E-state index contributed by atoms with van der Waals surface area (Å²) >= 11 is 1.50. The van der Waals surface area contributed by atoms with Gasteiger partial charge in [0.05, 0.1) is 12.5 Å². The molecule has 1 aromatic carbocycles. The van der Waals surface area contributed by atoms with E-state index in [0.29, 0.717) is 5.39 Å². The fraction of sp³-hybridized carbons (Fsp3) is 0.182. The Morgan fingerprint density at radius 2 is 2.29 bits per heavy atom. The molecule has 14 heavy (non-hydrogen) atoms. The van der Waals surface area contributed by atoms with E-state index in [1.165, 1.54) is 17.4 Å². The predicted molar refractivity (Wildman–Crippen MR) is 55.8 cm³/mol. The standard InChI is InChI=1S/C11H8FNS/c1-7-2-3-9(12)10-8(4-5-13)6-14-11(7)10/h2-3,6H,4H2,1H3. The van der Waals surface area contributed by atoms with Crippen LogP contribution in [-0.4, -0.2) is 0 Å². The number of aryl methyl sites for hydroxylation is 1. The first-order chi connectivity index (χ1) is 6.74. The number of thiophene rings is 1. The Labute approximate surface area is 85.4 Å². The zero-order valence-corrected chi connectivity index (χ0v) is 8.49. The van der Waals surface area contributed by atoms with Crippen LogP contribution in [0.25, 0.3) is 10.1 Å². The molecule has 1 nitrogen and oxygen atoms in total. The average molecular weight is 205 g/mol. The van der Waals surface area contributed by atoms with Crippen LogP contribution in [0, 0.1) is 24.1 Å². The number of fused-ring (bicyclic) bond motifs is 1. The molecule has 0 saturated carbocycles. The van der Waals surface area contributed by atoms with Gasteiger partial charge < -0.3 is 0 Å². The van der Waals surface area contributed by atoms with Crippen LogP contribution in [0.2, 0.25) is 0 Å². The van der Waals surface area contributed by atoms with Gasteiger partial charge in [-0.3, -0.25) is 0 Å². The monoisotopic (exact) mass is 205 g/mol. The Morgan fingerprint density at radius 1 is 1.50 bits per heavy atom. The van der Waals surface area contributed by atoms with Crippen LogP contribution in [0.4, 0.5) is 4.39 Å². The summed E-state index contributed by atoms with van der Waals surface area (Å²) in [7, 11) is 0. The number of hydrogen-bond donors (Lipinski definition) is 0. The van der Waals surface area contributed by atoms with Crippen molar-refractivity contribution < 1.29 is 4.39 Å². The summed E-state index contributed by atoms with van der Waals surface area (Å²) in [4.78, 5) is 0. The Bertz CT molecular complexity index is 522. The van der Waals surface area contributed by atoms with Crippen LogP contribution in [0.5, 0.6) is 0 Å². The van der Waals surface area contributed by atoms with Gasteiger partial charge >= 0.3 is 0 Å². The molecule has 0 spiro atoms. The molecule has 3 heteroatoms. The second kappa shape index (κ2) is 3.39. The van der Waals surface area contributed by atoms with Crippen molar-refractivity contribution in [2.75, 3.05) is 0 Å². The molecule has 70 valence electrons. The predicted octanol–water partition coefficient (Wildman–Crippen LogP) is 3.41. The SMILES string of the molecule is Cc1ccc(F)c2c(CC#N)csc12. The topological polar surface area (TPSA) is 23.8 Å². The van der Waals surface area contributed by atoms with Crippen LogP contribution >= 0.6 is 11.3 Å². The van der Waals surface area contributed by atoms with E-state index in [2.05, 4.69) is 0 Å². The molecule has 2 aromatic rings. The van der Waals surface area contributed by atoms with Crippen molar-refractivity contribution in [1.82, 2.24) is 0 Å². The molecule has 0 atom stereocenters. The Hall–Kier alpha value is -1.40. The number of rotatable bonds is 1. The molecule has 1 heterocycles. The van der Waals surface area contributed by atoms with Crippen LogP contribution in [0.3, 0.4) is 0 Å².